The first-order valence-electron chi connectivity index (χ1n) is 4.35. The molecule has 1 rings (SSSR count). The zero-order valence-corrected chi connectivity index (χ0v) is 7.98. The molecule has 0 amide bonds. The molecular weight excluding hydrogens is 138 g/mol. The van der Waals surface area contributed by atoms with Crippen molar-refractivity contribution in [3.05, 3.63) is 0 Å². The van der Waals surface area contributed by atoms with Crippen LogP contribution >= 0.6 is 0 Å². The molecule has 2 atom stereocenters. The molecule has 0 aromatic heterocycles. The summed E-state index contributed by atoms with van der Waals surface area (Å²) in [6.07, 6.45) is 0.235. The Kier molecular flexibility index (Phi) is 2.55. The van der Waals surface area contributed by atoms with E-state index >= 15 is 0 Å². The highest BCUT2D eigenvalue weighted by Gasteiger charge is 2.28. The number of ether oxygens (including phenoxy) is 1. The van der Waals surface area contributed by atoms with Gasteiger partial charge in [-0.1, -0.05) is 27.7 Å². The van der Waals surface area contributed by atoms with Gasteiger partial charge in [-0.15, -0.1) is 0 Å². The van der Waals surface area contributed by atoms with E-state index in [0.717, 1.165) is 13.2 Å². The highest BCUT2D eigenvalue weighted by molar-refractivity contribution is 4.76. The maximum atomic E-state index is 5.64. The van der Waals surface area contributed by atoms with Crippen LogP contribution < -0.4 is 5.32 Å². The molecule has 0 saturated carbocycles. The second-order valence-electron chi connectivity index (χ2n) is 4.59. The summed E-state index contributed by atoms with van der Waals surface area (Å²) >= 11 is 0. The molecule has 1 heterocycles. The van der Waals surface area contributed by atoms with Gasteiger partial charge in [0.2, 0.25) is 0 Å². The number of hydrogen-bond acceptors (Lipinski definition) is 2. The average Bonchev–Trinajstić information content (AvgIpc) is 1.86. The first-order valence-corrected chi connectivity index (χ1v) is 4.35. The maximum absolute atomic E-state index is 5.64. The van der Waals surface area contributed by atoms with Crippen molar-refractivity contribution in [1.82, 2.24) is 5.32 Å². The van der Waals surface area contributed by atoms with Gasteiger partial charge in [-0.2, -0.15) is 0 Å². The van der Waals surface area contributed by atoms with Gasteiger partial charge in [-0.3, -0.25) is 5.32 Å². The summed E-state index contributed by atoms with van der Waals surface area (Å²) in [7, 11) is 0. The van der Waals surface area contributed by atoms with Crippen molar-refractivity contribution in [1.29, 1.82) is 0 Å². The van der Waals surface area contributed by atoms with E-state index in [4.69, 9.17) is 4.74 Å². The van der Waals surface area contributed by atoms with Crippen LogP contribution in [0.15, 0.2) is 0 Å². The molecule has 2 heteroatoms. The molecule has 1 saturated heterocycles. The zero-order chi connectivity index (χ0) is 8.48. The Labute approximate surface area is 69.3 Å². The van der Waals surface area contributed by atoms with Crippen LogP contribution in [0.3, 0.4) is 0 Å². The summed E-state index contributed by atoms with van der Waals surface area (Å²) in [5.41, 5.74) is 0.222. The van der Waals surface area contributed by atoms with E-state index in [2.05, 4.69) is 33.0 Å². The number of hydrogen-bond donors (Lipinski definition) is 1. The topological polar surface area (TPSA) is 21.3 Å². The lowest BCUT2D eigenvalue weighted by molar-refractivity contribution is -0.0803. The van der Waals surface area contributed by atoms with E-state index in [1.54, 1.807) is 0 Å². The first kappa shape index (κ1) is 9.01. The summed E-state index contributed by atoms with van der Waals surface area (Å²) in [5.74, 6) is 0.661. The zero-order valence-electron chi connectivity index (χ0n) is 7.98. The van der Waals surface area contributed by atoms with E-state index < -0.39 is 0 Å². The molecule has 0 radical (unpaired) electrons. The molecule has 1 N–H and O–H groups in total. The van der Waals surface area contributed by atoms with E-state index in [1.807, 2.05) is 0 Å². The highest BCUT2D eigenvalue weighted by Crippen LogP contribution is 2.22. The standard InChI is InChI=1S/C9H19NO/c1-7-5-10-8(11-6-7)9(2,3)4/h7-8,10H,5-6H2,1-4H3. The first-order chi connectivity index (χ1) is 5.00. The fourth-order valence-electron chi connectivity index (χ4n) is 1.24. The van der Waals surface area contributed by atoms with Gasteiger partial charge >= 0.3 is 0 Å². The van der Waals surface area contributed by atoms with Crippen LogP contribution in [0.2, 0.25) is 0 Å². The smallest absolute Gasteiger partial charge is 0.113 e. The maximum Gasteiger partial charge on any atom is 0.113 e. The Morgan fingerprint density at radius 3 is 2.36 bits per heavy atom. The molecule has 11 heavy (non-hydrogen) atoms. The summed E-state index contributed by atoms with van der Waals surface area (Å²) in [6.45, 7) is 10.8. The molecular formula is C9H19NO. The largest absolute Gasteiger partial charge is 0.362 e. The lowest BCUT2D eigenvalue weighted by Gasteiger charge is -2.36. The summed E-state index contributed by atoms with van der Waals surface area (Å²) in [4.78, 5) is 0. The molecule has 0 aliphatic carbocycles. The van der Waals surface area contributed by atoms with Crippen molar-refractivity contribution in [3.8, 4) is 0 Å². The minimum Gasteiger partial charge on any atom is -0.362 e. The van der Waals surface area contributed by atoms with Gasteiger partial charge in [0, 0.05) is 12.0 Å². The predicted octanol–water partition coefficient (Wildman–Crippen LogP) is 1.61. The van der Waals surface area contributed by atoms with Crippen molar-refractivity contribution in [2.45, 2.75) is 33.9 Å². The average molecular weight is 157 g/mol. The molecule has 1 aliphatic rings. The van der Waals surface area contributed by atoms with Gasteiger partial charge in [-0.05, 0) is 5.92 Å². The van der Waals surface area contributed by atoms with Gasteiger partial charge in [0.05, 0.1) is 6.61 Å². The van der Waals surface area contributed by atoms with Gasteiger partial charge in [0.15, 0.2) is 0 Å². The SMILES string of the molecule is CC1CNC(C(C)(C)C)OC1. The summed E-state index contributed by atoms with van der Waals surface area (Å²) in [6, 6.07) is 0. The molecule has 2 nitrogen and oxygen atoms in total. The van der Waals surface area contributed by atoms with Gasteiger partial charge in [0.1, 0.15) is 6.23 Å². The third-order valence-corrected chi connectivity index (χ3v) is 1.99. The minimum absolute atomic E-state index is 0.222. The monoisotopic (exact) mass is 157 g/mol. The van der Waals surface area contributed by atoms with Gasteiger partial charge in [0.25, 0.3) is 0 Å². The van der Waals surface area contributed by atoms with E-state index in [9.17, 15) is 0 Å². The van der Waals surface area contributed by atoms with Crippen molar-refractivity contribution in [2.75, 3.05) is 13.2 Å². The summed E-state index contributed by atoms with van der Waals surface area (Å²) in [5, 5.41) is 3.39. The van der Waals surface area contributed by atoms with Crippen molar-refractivity contribution < 1.29 is 4.74 Å². The second-order valence-corrected chi connectivity index (χ2v) is 4.59. The van der Waals surface area contributed by atoms with Crippen LogP contribution in [0.25, 0.3) is 0 Å². The van der Waals surface area contributed by atoms with E-state index in [0.29, 0.717) is 5.92 Å². The Morgan fingerprint density at radius 1 is 1.36 bits per heavy atom. The van der Waals surface area contributed by atoms with Crippen LogP contribution in [-0.4, -0.2) is 19.4 Å². The predicted molar refractivity (Wildman–Crippen MR) is 46.4 cm³/mol. The van der Waals surface area contributed by atoms with Crippen LogP contribution in [0.5, 0.6) is 0 Å². The molecule has 0 spiro atoms. The Hall–Kier alpha value is -0.0800. The normalized spacial score (nSPS) is 33.8. The van der Waals surface area contributed by atoms with E-state index in [-0.39, 0.29) is 11.6 Å². The number of rotatable bonds is 0. The fourth-order valence-corrected chi connectivity index (χ4v) is 1.24. The van der Waals surface area contributed by atoms with Gasteiger partial charge < -0.3 is 4.74 Å². The highest BCUT2D eigenvalue weighted by atomic mass is 16.5. The summed E-state index contributed by atoms with van der Waals surface area (Å²) < 4.78 is 5.64. The lowest BCUT2D eigenvalue weighted by Crippen LogP contribution is -2.49. The van der Waals surface area contributed by atoms with Gasteiger partial charge in [-0.25, -0.2) is 0 Å². The number of nitrogens with one attached hydrogen (secondary N) is 1. The van der Waals surface area contributed by atoms with Crippen molar-refractivity contribution in [3.63, 3.8) is 0 Å². The minimum atomic E-state index is 0.222. The molecule has 0 aromatic rings. The fraction of sp³-hybridized carbons (Fsp3) is 1.00. The molecule has 2 unspecified atom stereocenters. The van der Waals surface area contributed by atoms with Crippen LogP contribution in [0.1, 0.15) is 27.7 Å². The van der Waals surface area contributed by atoms with Crippen LogP contribution in [-0.2, 0) is 4.74 Å². The molecule has 1 aliphatic heterocycles. The van der Waals surface area contributed by atoms with Crippen molar-refractivity contribution in [2.24, 2.45) is 11.3 Å². The molecule has 66 valence electrons. The Morgan fingerprint density at radius 2 is 2.00 bits per heavy atom. The Balaban J connectivity index is 2.39. The van der Waals surface area contributed by atoms with Crippen LogP contribution in [0, 0.1) is 11.3 Å². The molecule has 1 fully saturated rings. The van der Waals surface area contributed by atoms with Crippen LogP contribution in [0.4, 0.5) is 0 Å². The van der Waals surface area contributed by atoms with E-state index in [1.165, 1.54) is 0 Å². The lowest BCUT2D eigenvalue weighted by atomic mass is 9.93. The molecule has 0 bridgehead atoms. The third-order valence-electron chi connectivity index (χ3n) is 1.99. The third kappa shape index (κ3) is 2.46. The molecule has 0 aromatic carbocycles. The second kappa shape index (κ2) is 3.11. The quantitative estimate of drug-likeness (QED) is 0.577. The Bertz CT molecular complexity index is 120. The van der Waals surface area contributed by atoms with Crippen molar-refractivity contribution >= 4 is 0 Å².